The lowest BCUT2D eigenvalue weighted by Crippen LogP contribution is -2.14. The average Bonchev–Trinajstić information content (AvgIpc) is 2.95. The molecule has 14 heavy (non-hydrogen) atoms. The highest BCUT2D eigenvalue weighted by atomic mass is 35.5. The molecule has 0 unspecified atom stereocenters. The Kier molecular flexibility index (Phi) is 2.46. The van der Waals surface area contributed by atoms with E-state index in [0.29, 0.717) is 5.02 Å². The molecule has 1 aliphatic rings. The fraction of sp³-hybridized carbons (Fsp3) is 0.364. The fourth-order valence-electron chi connectivity index (χ4n) is 1.32. The Balaban J connectivity index is 2.15. The maximum Gasteiger partial charge on any atom is 0.227 e. The Morgan fingerprint density at radius 2 is 2.21 bits per heavy atom. The van der Waals surface area contributed by atoms with Crippen LogP contribution in [-0.4, -0.2) is 5.91 Å². The first-order valence-corrected chi connectivity index (χ1v) is 5.12. The van der Waals surface area contributed by atoms with Crippen molar-refractivity contribution in [2.24, 2.45) is 5.92 Å². The summed E-state index contributed by atoms with van der Waals surface area (Å²) in [4.78, 5) is 11.5. The van der Waals surface area contributed by atoms with Gasteiger partial charge in [-0.1, -0.05) is 17.7 Å². The number of carbonyl (C=O) groups excluding carboxylic acids is 1. The minimum atomic E-state index is 0.121. The van der Waals surface area contributed by atoms with E-state index < -0.39 is 0 Å². The lowest BCUT2D eigenvalue weighted by atomic mass is 10.2. The van der Waals surface area contributed by atoms with Crippen LogP contribution in [0.15, 0.2) is 18.2 Å². The summed E-state index contributed by atoms with van der Waals surface area (Å²) in [5.41, 5.74) is 1.76. The molecule has 1 fully saturated rings. The fourth-order valence-corrected chi connectivity index (χ4v) is 1.50. The molecule has 1 aliphatic carbocycles. The molecule has 74 valence electrons. The van der Waals surface area contributed by atoms with E-state index >= 15 is 0 Å². The van der Waals surface area contributed by atoms with Crippen LogP contribution in [0.2, 0.25) is 5.02 Å². The molecule has 0 aliphatic heterocycles. The zero-order valence-corrected chi connectivity index (χ0v) is 8.77. The van der Waals surface area contributed by atoms with Crippen LogP contribution < -0.4 is 5.32 Å². The second-order valence-corrected chi connectivity index (χ2v) is 4.08. The van der Waals surface area contributed by atoms with Crippen molar-refractivity contribution in [3.63, 3.8) is 0 Å². The molecule has 1 saturated carbocycles. The lowest BCUT2D eigenvalue weighted by molar-refractivity contribution is -0.117. The molecule has 1 amide bonds. The van der Waals surface area contributed by atoms with Crippen LogP contribution in [0.25, 0.3) is 0 Å². The Morgan fingerprint density at radius 1 is 1.50 bits per heavy atom. The summed E-state index contributed by atoms with van der Waals surface area (Å²) in [6, 6.07) is 5.54. The monoisotopic (exact) mass is 209 g/mol. The van der Waals surface area contributed by atoms with E-state index in [0.717, 1.165) is 24.1 Å². The third-order valence-corrected chi connectivity index (χ3v) is 2.88. The van der Waals surface area contributed by atoms with Crippen molar-refractivity contribution in [3.8, 4) is 0 Å². The molecular weight excluding hydrogens is 198 g/mol. The molecule has 0 bridgehead atoms. The number of anilines is 1. The first-order valence-electron chi connectivity index (χ1n) is 4.74. The van der Waals surface area contributed by atoms with Crippen molar-refractivity contribution in [2.75, 3.05) is 5.32 Å². The molecule has 0 atom stereocenters. The normalized spacial score (nSPS) is 15.3. The summed E-state index contributed by atoms with van der Waals surface area (Å²) >= 11 is 5.94. The van der Waals surface area contributed by atoms with Crippen molar-refractivity contribution >= 4 is 23.2 Å². The van der Waals surface area contributed by atoms with Gasteiger partial charge in [0.15, 0.2) is 0 Å². The SMILES string of the molecule is Cc1c(Cl)cccc1NC(=O)C1CC1. The molecule has 1 N–H and O–H groups in total. The molecule has 2 rings (SSSR count). The van der Waals surface area contributed by atoms with Gasteiger partial charge in [0.25, 0.3) is 0 Å². The van der Waals surface area contributed by atoms with E-state index in [-0.39, 0.29) is 11.8 Å². The molecule has 0 saturated heterocycles. The van der Waals surface area contributed by atoms with Crippen LogP contribution >= 0.6 is 11.6 Å². The van der Waals surface area contributed by atoms with E-state index in [9.17, 15) is 4.79 Å². The average molecular weight is 210 g/mol. The number of benzene rings is 1. The molecule has 1 aromatic rings. The zero-order chi connectivity index (χ0) is 10.1. The van der Waals surface area contributed by atoms with Gasteiger partial charge in [-0.15, -0.1) is 0 Å². The summed E-state index contributed by atoms with van der Waals surface area (Å²) in [6.07, 6.45) is 2.04. The molecule has 0 heterocycles. The Morgan fingerprint density at radius 3 is 2.86 bits per heavy atom. The number of halogens is 1. The molecule has 0 radical (unpaired) electrons. The van der Waals surface area contributed by atoms with Gasteiger partial charge in [-0.05, 0) is 37.5 Å². The molecule has 3 heteroatoms. The quantitative estimate of drug-likeness (QED) is 0.797. The summed E-state index contributed by atoms with van der Waals surface area (Å²) in [5.74, 6) is 0.351. The van der Waals surface area contributed by atoms with Crippen molar-refractivity contribution in [1.29, 1.82) is 0 Å². The van der Waals surface area contributed by atoms with Gasteiger partial charge in [0, 0.05) is 16.6 Å². The zero-order valence-electron chi connectivity index (χ0n) is 8.01. The second kappa shape index (κ2) is 3.62. The standard InChI is InChI=1S/C11H12ClNO/c1-7-9(12)3-2-4-10(7)13-11(14)8-5-6-8/h2-4,8H,5-6H2,1H3,(H,13,14). The van der Waals surface area contributed by atoms with E-state index in [2.05, 4.69) is 5.32 Å². The van der Waals surface area contributed by atoms with Gasteiger partial charge in [0.1, 0.15) is 0 Å². The number of hydrogen-bond donors (Lipinski definition) is 1. The second-order valence-electron chi connectivity index (χ2n) is 3.68. The Labute approximate surface area is 88.3 Å². The molecule has 2 nitrogen and oxygen atoms in total. The van der Waals surface area contributed by atoms with Crippen molar-refractivity contribution < 1.29 is 4.79 Å². The number of rotatable bonds is 2. The summed E-state index contributed by atoms with van der Waals surface area (Å²) in [7, 11) is 0. The van der Waals surface area contributed by atoms with E-state index in [1.165, 1.54) is 0 Å². The first-order chi connectivity index (χ1) is 6.68. The van der Waals surface area contributed by atoms with Gasteiger partial charge >= 0.3 is 0 Å². The Hall–Kier alpha value is -1.02. The highest BCUT2D eigenvalue weighted by molar-refractivity contribution is 6.31. The maximum absolute atomic E-state index is 11.5. The minimum Gasteiger partial charge on any atom is -0.326 e. The predicted octanol–water partition coefficient (Wildman–Crippen LogP) is 3.00. The highest BCUT2D eigenvalue weighted by Crippen LogP contribution is 2.31. The van der Waals surface area contributed by atoms with Gasteiger partial charge in [0.2, 0.25) is 5.91 Å². The van der Waals surface area contributed by atoms with Crippen LogP contribution in [0.1, 0.15) is 18.4 Å². The third kappa shape index (κ3) is 1.90. The number of hydrogen-bond acceptors (Lipinski definition) is 1. The van der Waals surface area contributed by atoms with Crippen molar-refractivity contribution in [3.05, 3.63) is 28.8 Å². The van der Waals surface area contributed by atoms with Crippen LogP contribution in [0.5, 0.6) is 0 Å². The van der Waals surface area contributed by atoms with Crippen LogP contribution in [-0.2, 0) is 4.79 Å². The molecule has 0 spiro atoms. The third-order valence-electron chi connectivity index (χ3n) is 2.47. The van der Waals surface area contributed by atoms with Gasteiger partial charge in [-0.2, -0.15) is 0 Å². The van der Waals surface area contributed by atoms with Gasteiger partial charge in [0.05, 0.1) is 0 Å². The molecule has 0 aromatic heterocycles. The summed E-state index contributed by atoms with van der Waals surface area (Å²) < 4.78 is 0. The van der Waals surface area contributed by atoms with Gasteiger partial charge < -0.3 is 5.32 Å². The Bertz CT molecular complexity index is 372. The highest BCUT2D eigenvalue weighted by Gasteiger charge is 2.29. The molecule has 1 aromatic carbocycles. The van der Waals surface area contributed by atoms with E-state index in [1.807, 2.05) is 25.1 Å². The number of carbonyl (C=O) groups is 1. The number of amides is 1. The smallest absolute Gasteiger partial charge is 0.227 e. The van der Waals surface area contributed by atoms with Crippen LogP contribution in [0, 0.1) is 12.8 Å². The topological polar surface area (TPSA) is 29.1 Å². The number of nitrogens with one attached hydrogen (secondary N) is 1. The van der Waals surface area contributed by atoms with Crippen LogP contribution in [0.3, 0.4) is 0 Å². The summed E-state index contributed by atoms with van der Waals surface area (Å²) in [5, 5.41) is 3.58. The van der Waals surface area contributed by atoms with Crippen LogP contribution in [0.4, 0.5) is 5.69 Å². The lowest BCUT2D eigenvalue weighted by Gasteiger charge is -2.08. The first kappa shape index (κ1) is 9.53. The maximum atomic E-state index is 11.5. The van der Waals surface area contributed by atoms with Gasteiger partial charge in [-0.25, -0.2) is 0 Å². The minimum absolute atomic E-state index is 0.121. The van der Waals surface area contributed by atoms with Gasteiger partial charge in [-0.3, -0.25) is 4.79 Å². The summed E-state index contributed by atoms with van der Waals surface area (Å²) in [6.45, 7) is 1.91. The van der Waals surface area contributed by atoms with E-state index in [4.69, 9.17) is 11.6 Å². The van der Waals surface area contributed by atoms with E-state index in [1.54, 1.807) is 0 Å². The largest absolute Gasteiger partial charge is 0.326 e. The predicted molar refractivity (Wildman–Crippen MR) is 57.5 cm³/mol. The van der Waals surface area contributed by atoms with Crippen molar-refractivity contribution in [2.45, 2.75) is 19.8 Å². The van der Waals surface area contributed by atoms with Crippen molar-refractivity contribution in [1.82, 2.24) is 0 Å². The molecular formula is C11H12ClNO.